The van der Waals surface area contributed by atoms with Crippen LogP contribution in [0, 0.1) is 6.10 Å². The van der Waals surface area contributed by atoms with Crippen LogP contribution in [0.25, 0.3) is 0 Å². The Bertz CT molecular complexity index is 92.4. The molecule has 1 N–H and O–H groups in total. The van der Waals surface area contributed by atoms with Crippen LogP contribution in [0.5, 0.6) is 0 Å². The molecule has 1 radical (unpaired) electrons. The largest absolute Gasteiger partial charge is 0.387 e. The van der Waals surface area contributed by atoms with Gasteiger partial charge in [0, 0.05) is 12.8 Å². The third kappa shape index (κ3) is 1.15. The van der Waals surface area contributed by atoms with Gasteiger partial charge in [0.25, 0.3) is 5.92 Å². The molecule has 0 atom stereocenters. The Morgan fingerprint density at radius 3 is 2.25 bits per heavy atom. The summed E-state index contributed by atoms with van der Waals surface area (Å²) in [7, 11) is 0. The zero-order valence-corrected chi connectivity index (χ0v) is 4.32. The summed E-state index contributed by atoms with van der Waals surface area (Å²) < 4.78 is 24.0. The highest BCUT2D eigenvalue weighted by atomic mass is 19.3. The number of hydrogen-bond acceptors (Lipinski definition) is 1. The highest BCUT2D eigenvalue weighted by Crippen LogP contribution is 2.38. The van der Waals surface area contributed by atoms with E-state index in [0.29, 0.717) is 0 Å². The van der Waals surface area contributed by atoms with Crippen molar-refractivity contribution in [3.8, 4) is 0 Å². The predicted octanol–water partition coefficient (Wildman–Crippen LogP) is 1.71. The van der Waals surface area contributed by atoms with E-state index in [1.807, 2.05) is 0 Å². The molecule has 0 spiro atoms. The van der Waals surface area contributed by atoms with Gasteiger partial charge >= 0.3 is 0 Å². The SMILES string of the molecule is O[C]1CCC(F)(F)C1. The lowest BCUT2D eigenvalue weighted by Crippen LogP contribution is -2.08. The van der Waals surface area contributed by atoms with Crippen LogP contribution in [0.3, 0.4) is 0 Å². The summed E-state index contributed by atoms with van der Waals surface area (Å²) >= 11 is 0. The van der Waals surface area contributed by atoms with Crippen LogP contribution in [0.2, 0.25) is 0 Å². The van der Waals surface area contributed by atoms with Crippen molar-refractivity contribution in [1.82, 2.24) is 0 Å². The fourth-order valence-corrected chi connectivity index (χ4v) is 0.802. The van der Waals surface area contributed by atoms with Crippen LogP contribution < -0.4 is 0 Å². The summed E-state index contributed by atoms with van der Waals surface area (Å²) in [6.07, 6.45) is -0.492. The van der Waals surface area contributed by atoms with Gasteiger partial charge in [0.15, 0.2) is 0 Å². The van der Waals surface area contributed by atoms with Crippen LogP contribution in [0.4, 0.5) is 8.78 Å². The number of halogens is 2. The number of hydrogen-bond donors (Lipinski definition) is 1. The lowest BCUT2D eigenvalue weighted by atomic mass is 10.3. The van der Waals surface area contributed by atoms with Crippen molar-refractivity contribution >= 4 is 0 Å². The maximum absolute atomic E-state index is 12.0. The molecule has 8 heavy (non-hydrogen) atoms. The lowest BCUT2D eigenvalue weighted by molar-refractivity contribution is 0.00582. The van der Waals surface area contributed by atoms with Gasteiger partial charge in [0.05, 0.1) is 6.10 Å². The normalized spacial score (nSPS) is 28.9. The van der Waals surface area contributed by atoms with Crippen LogP contribution in [0.1, 0.15) is 19.3 Å². The first kappa shape index (κ1) is 5.95. The average Bonchev–Trinajstić information content (AvgIpc) is 1.82. The quantitative estimate of drug-likeness (QED) is 0.517. The lowest BCUT2D eigenvalue weighted by Gasteiger charge is -2.03. The molecule has 0 amide bonds. The van der Waals surface area contributed by atoms with Gasteiger partial charge in [-0.05, 0) is 6.42 Å². The molecule has 47 valence electrons. The number of alkyl halides is 2. The van der Waals surface area contributed by atoms with Gasteiger partial charge in [-0.15, -0.1) is 0 Å². The summed E-state index contributed by atoms with van der Waals surface area (Å²) in [6, 6.07) is 0. The highest BCUT2D eigenvalue weighted by Gasteiger charge is 2.38. The van der Waals surface area contributed by atoms with Gasteiger partial charge in [-0.25, -0.2) is 8.78 Å². The monoisotopic (exact) mass is 121 g/mol. The molecule has 0 bridgehead atoms. The molecule has 1 fully saturated rings. The molecular formula is C5H7F2O. The molecule has 1 aliphatic rings. The minimum Gasteiger partial charge on any atom is -0.387 e. The third-order valence-corrected chi connectivity index (χ3v) is 1.24. The first-order chi connectivity index (χ1) is 3.60. The molecule has 1 nitrogen and oxygen atoms in total. The van der Waals surface area contributed by atoms with E-state index in [9.17, 15) is 8.78 Å². The second-order valence-electron chi connectivity index (χ2n) is 2.10. The smallest absolute Gasteiger partial charge is 0.251 e. The van der Waals surface area contributed by atoms with Gasteiger partial charge in [-0.1, -0.05) is 0 Å². The van der Waals surface area contributed by atoms with E-state index in [1.54, 1.807) is 0 Å². The maximum Gasteiger partial charge on any atom is 0.251 e. The summed E-state index contributed by atoms with van der Waals surface area (Å²) in [5.41, 5.74) is 0. The molecule has 0 unspecified atom stereocenters. The number of aliphatic hydroxyl groups excluding tert-OH is 1. The Hall–Kier alpha value is -0.180. The van der Waals surface area contributed by atoms with Crippen molar-refractivity contribution in [1.29, 1.82) is 0 Å². The van der Waals surface area contributed by atoms with Gasteiger partial charge in [-0.2, -0.15) is 0 Å². The summed E-state index contributed by atoms with van der Waals surface area (Å²) in [4.78, 5) is 0. The summed E-state index contributed by atoms with van der Waals surface area (Å²) in [5, 5.41) is 8.50. The average molecular weight is 121 g/mol. The molecule has 0 aromatic rings. The summed E-state index contributed by atoms with van der Waals surface area (Å²) in [5.74, 6) is -2.62. The first-order valence-electron chi connectivity index (χ1n) is 2.52. The van der Waals surface area contributed by atoms with Gasteiger partial charge in [-0.3, -0.25) is 0 Å². The molecule has 0 saturated heterocycles. The topological polar surface area (TPSA) is 20.2 Å². The molecule has 0 aliphatic heterocycles. The van der Waals surface area contributed by atoms with Gasteiger partial charge < -0.3 is 5.11 Å². The van der Waals surface area contributed by atoms with Crippen LogP contribution in [0.15, 0.2) is 0 Å². The zero-order chi connectivity index (χ0) is 6.20. The fraction of sp³-hybridized carbons (Fsp3) is 0.800. The van der Waals surface area contributed by atoms with E-state index < -0.39 is 12.3 Å². The molecule has 0 aromatic carbocycles. The molecule has 1 aliphatic carbocycles. The van der Waals surface area contributed by atoms with Crippen LogP contribution >= 0.6 is 0 Å². The summed E-state index contributed by atoms with van der Waals surface area (Å²) in [6.45, 7) is 0. The first-order valence-corrected chi connectivity index (χ1v) is 2.52. The van der Waals surface area contributed by atoms with Crippen molar-refractivity contribution in [3.63, 3.8) is 0 Å². The van der Waals surface area contributed by atoms with Crippen LogP contribution in [-0.2, 0) is 0 Å². The molecule has 3 heteroatoms. The molecule has 0 heterocycles. The van der Waals surface area contributed by atoms with Crippen molar-refractivity contribution in [2.75, 3.05) is 0 Å². The number of aliphatic hydroxyl groups is 1. The minimum atomic E-state index is -2.62. The van der Waals surface area contributed by atoms with Gasteiger partial charge in [0.1, 0.15) is 0 Å². The fourth-order valence-electron chi connectivity index (χ4n) is 0.802. The Morgan fingerprint density at radius 1 is 1.50 bits per heavy atom. The number of rotatable bonds is 0. The predicted molar refractivity (Wildman–Crippen MR) is 24.0 cm³/mol. The van der Waals surface area contributed by atoms with E-state index in [1.165, 1.54) is 0 Å². The van der Waals surface area contributed by atoms with E-state index in [-0.39, 0.29) is 18.9 Å². The van der Waals surface area contributed by atoms with Crippen molar-refractivity contribution in [2.45, 2.75) is 25.2 Å². The highest BCUT2D eigenvalue weighted by molar-refractivity contribution is 4.92. The van der Waals surface area contributed by atoms with Crippen molar-refractivity contribution in [3.05, 3.63) is 6.10 Å². The Kier molecular flexibility index (Phi) is 1.23. The standard InChI is InChI=1S/C5H7F2O/c6-5(7)2-1-4(8)3-5/h8H,1-3H2. The maximum atomic E-state index is 12.0. The second-order valence-corrected chi connectivity index (χ2v) is 2.10. The minimum absolute atomic E-state index is 0.0602. The molecule has 1 saturated carbocycles. The Labute approximate surface area is 46.3 Å². The van der Waals surface area contributed by atoms with Crippen LogP contribution in [-0.4, -0.2) is 11.0 Å². The van der Waals surface area contributed by atoms with Gasteiger partial charge in [0.2, 0.25) is 0 Å². The molecule has 1 rings (SSSR count). The third-order valence-electron chi connectivity index (χ3n) is 1.24. The molecule has 0 aromatic heterocycles. The zero-order valence-electron chi connectivity index (χ0n) is 4.32. The second kappa shape index (κ2) is 1.65. The van der Waals surface area contributed by atoms with E-state index in [2.05, 4.69) is 0 Å². The van der Waals surface area contributed by atoms with E-state index in [4.69, 9.17) is 5.11 Å². The Balaban J connectivity index is 2.44. The van der Waals surface area contributed by atoms with Crippen molar-refractivity contribution < 1.29 is 13.9 Å². The van der Waals surface area contributed by atoms with E-state index in [0.717, 1.165) is 0 Å². The Morgan fingerprint density at radius 2 is 2.12 bits per heavy atom. The van der Waals surface area contributed by atoms with Crippen molar-refractivity contribution in [2.24, 2.45) is 0 Å². The molecular weight excluding hydrogens is 114 g/mol. The van der Waals surface area contributed by atoms with E-state index >= 15 is 0 Å².